The van der Waals surface area contributed by atoms with Crippen LogP contribution in [0.15, 0.2) is 81.8 Å². The number of aromatic hydroxyl groups is 2. The summed E-state index contributed by atoms with van der Waals surface area (Å²) in [7, 11) is 1.79. The van der Waals surface area contributed by atoms with Crippen LogP contribution in [0.3, 0.4) is 0 Å². The van der Waals surface area contributed by atoms with Crippen LogP contribution in [0.25, 0.3) is 11.0 Å². The number of anilines is 2. The first-order valence-electron chi connectivity index (χ1n) is 19.4. The van der Waals surface area contributed by atoms with E-state index in [9.17, 15) is 30.0 Å². The van der Waals surface area contributed by atoms with E-state index in [4.69, 9.17) is 25.4 Å². The largest absolute Gasteiger partial charge is 0.508 e. The van der Waals surface area contributed by atoms with E-state index in [1.807, 2.05) is 13.0 Å². The van der Waals surface area contributed by atoms with Crippen LogP contribution in [0.4, 0.5) is 11.6 Å². The van der Waals surface area contributed by atoms with Crippen LogP contribution in [0.2, 0.25) is 0 Å². The summed E-state index contributed by atoms with van der Waals surface area (Å²) >= 11 is 0. The van der Waals surface area contributed by atoms with Gasteiger partial charge in [-0.05, 0) is 99.6 Å². The molecule has 0 spiro atoms. The van der Waals surface area contributed by atoms with Crippen LogP contribution < -0.4 is 26.9 Å². The molecule has 14 heteroatoms. The van der Waals surface area contributed by atoms with E-state index in [0.717, 1.165) is 11.6 Å². The summed E-state index contributed by atoms with van der Waals surface area (Å²) in [5.74, 6) is -2.37. The van der Waals surface area contributed by atoms with Crippen LogP contribution in [0.5, 0.6) is 17.2 Å². The number of aliphatic hydroxyl groups is 2. The number of pyridine rings is 2. The SMILES string of the molecule is C/C=C(/CCNC)C(=O)O[C@@H]1Cc2c3c(c4oc(CO)cc(=O)c4c2O)[C@@H]([C@H](CO)c2cccc(O)c2)c2ccnc(N)c2CC[C@@H](Cc2ccc(N)nc2)[C@]1(C)O3. The molecule has 0 unspecified atom stereocenters. The van der Waals surface area contributed by atoms with Gasteiger partial charge in [0, 0.05) is 59.3 Å². The maximum absolute atomic E-state index is 14.0. The summed E-state index contributed by atoms with van der Waals surface area (Å²) in [5, 5.41) is 47.4. The van der Waals surface area contributed by atoms with Crippen molar-refractivity contribution < 1.29 is 39.1 Å². The molecule has 2 bridgehead atoms. The van der Waals surface area contributed by atoms with Gasteiger partial charge in [-0.1, -0.05) is 24.3 Å². The molecular weight excluding hydrogens is 743 g/mol. The Hall–Kier alpha value is -5.96. The molecule has 2 aliphatic heterocycles. The quantitative estimate of drug-likeness (QED) is 0.0720. The summed E-state index contributed by atoms with van der Waals surface area (Å²) in [5.41, 5.74) is 14.4. The molecule has 0 fully saturated rings. The summed E-state index contributed by atoms with van der Waals surface area (Å²) in [6, 6.07) is 13.0. The molecule has 3 aromatic heterocycles. The molecule has 9 N–H and O–H groups in total. The van der Waals surface area contributed by atoms with Crippen molar-refractivity contribution in [1.82, 2.24) is 15.3 Å². The average Bonchev–Trinajstić information content (AvgIpc) is 3.20. The lowest BCUT2D eigenvalue weighted by molar-refractivity contribution is -0.165. The standard InChI is InChI=1S/C44H49N5O9/c1-4-24(12-14-47-3)43(55)57-34-19-31-39(54)37-33(53)18-28(21-50)56-41(37)38-36(32(22-51)25-6-5-7-27(52)17-25)29-13-15-48-42(46)30(29)10-9-26(44(34,2)58-40(31)38)16-23-8-11-35(45)49-20-23/h4-8,11,13,15,17-18,20,26,32,34,36,47,50-52,54H,9-10,12,14,16,19,21-22H2,1-3H3,(H2,45,49)(H2,46,48)/b24-4-/t26-,32+,34+,36+,44-/m0/s1. The van der Waals surface area contributed by atoms with Crippen molar-refractivity contribution in [3.63, 3.8) is 0 Å². The first kappa shape index (κ1) is 40.2. The van der Waals surface area contributed by atoms with Gasteiger partial charge >= 0.3 is 5.97 Å². The van der Waals surface area contributed by atoms with Gasteiger partial charge in [0.25, 0.3) is 0 Å². The number of esters is 1. The molecule has 7 rings (SSSR count). The van der Waals surface area contributed by atoms with Gasteiger partial charge in [0.2, 0.25) is 0 Å². The highest BCUT2D eigenvalue weighted by Gasteiger charge is 2.52. The monoisotopic (exact) mass is 791 g/mol. The van der Waals surface area contributed by atoms with Gasteiger partial charge in [-0.15, -0.1) is 0 Å². The molecule has 5 aromatic rings. The third-order valence-electron chi connectivity index (χ3n) is 11.8. The third kappa shape index (κ3) is 7.34. The Balaban J connectivity index is 1.57. The van der Waals surface area contributed by atoms with Gasteiger partial charge in [0.1, 0.15) is 63.9 Å². The number of fused-ring (bicyclic) bond motifs is 4. The normalized spacial score (nSPS) is 20.8. The van der Waals surface area contributed by atoms with Crippen LogP contribution in [-0.4, -0.2) is 68.3 Å². The zero-order valence-electron chi connectivity index (χ0n) is 32.7. The lowest BCUT2D eigenvalue weighted by Crippen LogP contribution is -2.57. The highest BCUT2D eigenvalue weighted by molar-refractivity contribution is 5.92. The van der Waals surface area contributed by atoms with Gasteiger partial charge in [-0.25, -0.2) is 14.8 Å². The third-order valence-corrected chi connectivity index (χ3v) is 11.8. The van der Waals surface area contributed by atoms with Crippen molar-refractivity contribution >= 4 is 28.6 Å². The second-order valence-electron chi connectivity index (χ2n) is 15.2. The van der Waals surface area contributed by atoms with E-state index in [-0.39, 0.29) is 46.0 Å². The first-order chi connectivity index (χ1) is 27.9. The fourth-order valence-electron chi connectivity index (χ4n) is 8.72. The molecule has 14 nitrogen and oxygen atoms in total. The number of aromatic nitrogens is 2. The fraction of sp³-hybridized carbons (Fsp3) is 0.364. The highest BCUT2D eigenvalue weighted by Crippen LogP contribution is 2.56. The van der Waals surface area contributed by atoms with Crippen molar-refractivity contribution in [2.24, 2.45) is 5.92 Å². The summed E-state index contributed by atoms with van der Waals surface area (Å²) in [6.07, 6.45) is 5.56. The predicted octanol–water partition coefficient (Wildman–Crippen LogP) is 4.53. The molecule has 0 saturated carbocycles. The molecule has 0 saturated heterocycles. The Kier molecular flexibility index (Phi) is 11.4. The minimum absolute atomic E-state index is 0.0272. The molecule has 0 aliphatic carbocycles. The number of phenols is 2. The number of ether oxygens (including phenoxy) is 2. The summed E-state index contributed by atoms with van der Waals surface area (Å²) in [4.78, 5) is 36.9. The second kappa shape index (κ2) is 16.5. The van der Waals surface area contributed by atoms with Crippen molar-refractivity contribution in [3.8, 4) is 17.2 Å². The number of nitrogens with one attached hydrogen (secondary N) is 1. The van der Waals surface area contributed by atoms with Crippen molar-refractivity contribution in [1.29, 1.82) is 0 Å². The number of nitrogens with zero attached hydrogens (tertiary/aromatic N) is 2. The summed E-state index contributed by atoms with van der Waals surface area (Å²) < 4.78 is 20.1. The van der Waals surface area contributed by atoms with E-state index in [2.05, 4.69) is 15.3 Å². The fourth-order valence-corrected chi connectivity index (χ4v) is 8.72. The average molecular weight is 792 g/mol. The van der Waals surface area contributed by atoms with Crippen molar-refractivity contribution in [2.75, 3.05) is 31.7 Å². The molecule has 2 aromatic carbocycles. The number of rotatable bonds is 11. The number of allylic oxidation sites excluding steroid dienone is 1. The Morgan fingerprint density at radius 3 is 2.62 bits per heavy atom. The van der Waals surface area contributed by atoms with Gasteiger partial charge < -0.3 is 51.1 Å². The van der Waals surface area contributed by atoms with E-state index >= 15 is 0 Å². The number of aliphatic hydroxyl groups excluding tert-OH is 2. The van der Waals surface area contributed by atoms with Gasteiger partial charge in [0.15, 0.2) is 5.43 Å². The number of benzene rings is 2. The van der Waals surface area contributed by atoms with Crippen molar-refractivity contribution in [2.45, 2.75) is 76.1 Å². The lowest BCUT2D eigenvalue weighted by atomic mass is 9.69. The van der Waals surface area contributed by atoms with Gasteiger partial charge in [-0.3, -0.25) is 4.79 Å². The van der Waals surface area contributed by atoms with Crippen LogP contribution in [-0.2, 0) is 35.4 Å². The van der Waals surface area contributed by atoms with Crippen LogP contribution in [0.1, 0.15) is 77.7 Å². The molecule has 5 atom stereocenters. The van der Waals surface area contributed by atoms with Crippen LogP contribution >= 0.6 is 0 Å². The van der Waals surface area contributed by atoms with E-state index in [1.165, 1.54) is 6.07 Å². The van der Waals surface area contributed by atoms with Crippen LogP contribution in [0, 0.1) is 5.92 Å². The molecule has 2 aliphatic rings. The van der Waals surface area contributed by atoms with E-state index < -0.39 is 59.8 Å². The van der Waals surface area contributed by atoms with E-state index in [0.29, 0.717) is 65.9 Å². The topological polar surface area (TPSA) is 237 Å². The Labute approximate surface area is 335 Å². The number of carbonyl (C=O) groups excluding carboxylic acids is 1. The number of nitrogens with two attached hydrogens (primary N) is 2. The zero-order valence-corrected chi connectivity index (χ0v) is 32.7. The number of nitrogen functional groups attached to an aromatic ring is 2. The number of carbonyl (C=O) groups is 1. The smallest absolute Gasteiger partial charge is 0.334 e. The van der Waals surface area contributed by atoms with Crippen molar-refractivity contribution in [3.05, 3.63) is 122 Å². The second-order valence-corrected chi connectivity index (χ2v) is 15.2. The Morgan fingerprint density at radius 1 is 1.12 bits per heavy atom. The van der Waals surface area contributed by atoms with E-state index in [1.54, 1.807) is 62.8 Å². The summed E-state index contributed by atoms with van der Waals surface area (Å²) in [6.45, 7) is 3.11. The molecule has 304 valence electrons. The molecule has 0 radical (unpaired) electrons. The number of hydrogen-bond donors (Lipinski definition) is 7. The highest BCUT2D eigenvalue weighted by atomic mass is 16.6. The maximum atomic E-state index is 14.0. The minimum atomic E-state index is -1.31. The molecule has 0 amide bonds. The Morgan fingerprint density at radius 2 is 1.93 bits per heavy atom. The molecular formula is C44H49N5O9. The lowest BCUT2D eigenvalue weighted by Gasteiger charge is -2.48. The number of hydrogen-bond acceptors (Lipinski definition) is 14. The Bertz CT molecular complexity index is 2430. The van der Waals surface area contributed by atoms with Gasteiger partial charge in [-0.2, -0.15) is 0 Å². The molecule has 5 heterocycles. The number of phenolic OH excluding ortho intramolecular Hbond substituents is 2. The molecule has 58 heavy (non-hydrogen) atoms. The van der Waals surface area contributed by atoms with Gasteiger partial charge in [0.05, 0.1) is 6.61 Å². The first-order valence-corrected chi connectivity index (χ1v) is 19.4. The minimum Gasteiger partial charge on any atom is -0.508 e. The maximum Gasteiger partial charge on any atom is 0.334 e. The zero-order chi connectivity index (χ0) is 41.3. The predicted molar refractivity (Wildman–Crippen MR) is 218 cm³/mol.